The van der Waals surface area contributed by atoms with Crippen molar-refractivity contribution >= 4 is 0 Å². The number of pyridine rings is 1. The average Bonchev–Trinajstić information content (AvgIpc) is 3.35. The van der Waals surface area contributed by atoms with Gasteiger partial charge >= 0.3 is 0 Å². The first-order valence-corrected chi connectivity index (χ1v) is 20.7. The Balaban J connectivity index is 1.15. The highest BCUT2D eigenvalue weighted by Crippen LogP contribution is 2.49. The highest BCUT2D eigenvalue weighted by atomic mass is 15.4. The molecule has 1 saturated heterocycles. The Kier molecular flexibility index (Phi) is 10.5. The molecule has 60 heavy (non-hydrogen) atoms. The molecular formula is C56H44N4. The third-order valence-electron chi connectivity index (χ3n) is 11.4. The van der Waals surface area contributed by atoms with Crippen molar-refractivity contribution in [3.8, 4) is 67.0 Å². The lowest BCUT2D eigenvalue weighted by atomic mass is 9.82. The van der Waals surface area contributed by atoms with E-state index < -0.39 is 0 Å². The van der Waals surface area contributed by atoms with E-state index in [1.165, 1.54) is 11.1 Å². The van der Waals surface area contributed by atoms with E-state index in [0.717, 1.165) is 72.6 Å². The quantitative estimate of drug-likeness (QED) is 0.137. The Morgan fingerprint density at radius 2 is 0.567 bits per heavy atom. The molecule has 0 aliphatic carbocycles. The van der Waals surface area contributed by atoms with Crippen LogP contribution in [0.25, 0.3) is 67.0 Å². The summed E-state index contributed by atoms with van der Waals surface area (Å²) in [5.41, 5.74) is 16.6. The standard InChI is InChI=1S/C56H44N4/c1-7-21-39(22-8-1)50-49(51(40-23-9-2-10-24-40)53(42-27-13-4-14-28-42)57-52(50)41-25-11-3-12-26-41)47-35-19-33-45(37-47)46-34-20-36-48(38-46)56-59-54(43-29-15-5-16-30-43)58-55(60-56)44-31-17-6-18-32-44/h1-38,54-56,58-60H. The van der Waals surface area contributed by atoms with Gasteiger partial charge in [0.25, 0.3) is 0 Å². The number of hydrogen-bond donors (Lipinski definition) is 3. The Morgan fingerprint density at radius 1 is 0.250 bits per heavy atom. The summed E-state index contributed by atoms with van der Waals surface area (Å²) >= 11 is 0. The van der Waals surface area contributed by atoms with Crippen molar-refractivity contribution in [3.05, 3.63) is 247 Å². The molecule has 10 rings (SSSR count). The van der Waals surface area contributed by atoms with E-state index >= 15 is 0 Å². The summed E-state index contributed by atoms with van der Waals surface area (Å²) in [7, 11) is 0. The normalized spacial score (nSPS) is 16.3. The number of nitrogens with zero attached hydrogens (tertiary/aromatic N) is 1. The van der Waals surface area contributed by atoms with Crippen molar-refractivity contribution in [2.24, 2.45) is 0 Å². The molecule has 1 fully saturated rings. The zero-order valence-corrected chi connectivity index (χ0v) is 33.1. The SMILES string of the molecule is c1ccc(-c2nc(-c3ccccc3)c(-c3ccccc3)c(-c3cccc(-c4cccc(C5NC(c6ccccc6)NC(c6ccccc6)N5)c4)c3)c2-c2ccccc2)cc1. The summed E-state index contributed by atoms with van der Waals surface area (Å²) in [5.74, 6) is 0. The fourth-order valence-corrected chi connectivity index (χ4v) is 8.52. The first kappa shape index (κ1) is 37.1. The Labute approximate surface area is 352 Å². The highest BCUT2D eigenvalue weighted by Gasteiger charge is 2.30. The lowest BCUT2D eigenvalue weighted by molar-refractivity contribution is 0.203. The maximum absolute atomic E-state index is 5.63. The second kappa shape index (κ2) is 16.9. The summed E-state index contributed by atoms with van der Waals surface area (Å²) in [5, 5.41) is 11.5. The minimum Gasteiger partial charge on any atom is -0.279 e. The van der Waals surface area contributed by atoms with E-state index in [9.17, 15) is 0 Å². The van der Waals surface area contributed by atoms with Gasteiger partial charge in [-0.25, -0.2) is 4.98 Å². The van der Waals surface area contributed by atoms with E-state index in [4.69, 9.17) is 4.98 Å². The summed E-state index contributed by atoms with van der Waals surface area (Å²) in [6.07, 6.45) is -0.209. The molecule has 4 heteroatoms. The number of benzene rings is 8. The smallest absolute Gasteiger partial charge is 0.0864 e. The van der Waals surface area contributed by atoms with Crippen LogP contribution >= 0.6 is 0 Å². The second-order valence-corrected chi connectivity index (χ2v) is 15.2. The van der Waals surface area contributed by atoms with Gasteiger partial charge in [-0.2, -0.15) is 0 Å². The molecule has 0 bridgehead atoms. The Bertz CT molecular complexity index is 2680. The van der Waals surface area contributed by atoms with Gasteiger partial charge in [-0.3, -0.25) is 16.0 Å². The van der Waals surface area contributed by atoms with Crippen LogP contribution in [-0.2, 0) is 0 Å². The van der Waals surface area contributed by atoms with Gasteiger partial charge in [-0.1, -0.05) is 218 Å². The monoisotopic (exact) mass is 772 g/mol. The third kappa shape index (κ3) is 7.59. The van der Waals surface area contributed by atoms with Crippen molar-refractivity contribution in [1.29, 1.82) is 0 Å². The van der Waals surface area contributed by atoms with Crippen LogP contribution in [0.4, 0.5) is 0 Å². The van der Waals surface area contributed by atoms with E-state index in [2.05, 4.69) is 246 Å². The van der Waals surface area contributed by atoms with Gasteiger partial charge in [0.1, 0.15) is 0 Å². The van der Waals surface area contributed by atoms with Gasteiger partial charge in [-0.15, -0.1) is 0 Å². The zero-order valence-electron chi connectivity index (χ0n) is 33.1. The van der Waals surface area contributed by atoms with Crippen LogP contribution in [-0.4, -0.2) is 4.98 Å². The van der Waals surface area contributed by atoms with Crippen LogP contribution in [0.5, 0.6) is 0 Å². The summed E-state index contributed by atoms with van der Waals surface area (Å²) < 4.78 is 0. The van der Waals surface area contributed by atoms with Crippen molar-refractivity contribution in [2.75, 3.05) is 0 Å². The number of aromatic nitrogens is 1. The van der Waals surface area contributed by atoms with Crippen LogP contribution in [0.1, 0.15) is 35.2 Å². The van der Waals surface area contributed by atoms with Crippen molar-refractivity contribution in [3.63, 3.8) is 0 Å². The summed E-state index contributed by atoms with van der Waals surface area (Å²) in [6, 6.07) is 81.9. The molecule has 3 N–H and O–H groups in total. The van der Waals surface area contributed by atoms with Gasteiger partial charge in [0.05, 0.1) is 29.9 Å². The Hall–Kier alpha value is -7.21. The van der Waals surface area contributed by atoms with Crippen molar-refractivity contribution in [2.45, 2.75) is 18.5 Å². The lowest BCUT2D eigenvalue weighted by Gasteiger charge is -2.39. The molecule has 8 aromatic carbocycles. The van der Waals surface area contributed by atoms with Crippen LogP contribution in [0.3, 0.4) is 0 Å². The van der Waals surface area contributed by atoms with Gasteiger partial charge in [0.2, 0.25) is 0 Å². The van der Waals surface area contributed by atoms with Crippen molar-refractivity contribution < 1.29 is 0 Å². The molecule has 0 saturated carbocycles. The molecule has 2 unspecified atom stereocenters. The fourth-order valence-electron chi connectivity index (χ4n) is 8.52. The van der Waals surface area contributed by atoms with Crippen LogP contribution in [0.15, 0.2) is 231 Å². The van der Waals surface area contributed by atoms with Gasteiger partial charge < -0.3 is 0 Å². The molecular weight excluding hydrogens is 729 g/mol. The van der Waals surface area contributed by atoms with Gasteiger partial charge in [-0.05, 0) is 56.6 Å². The maximum Gasteiger partial charge on any atom is 0.0864 e. The van der Waals surface area contributed by atoms with Crippen LogP contribution in [0.2, 0.25) is 0 Å². The lowest BCUT2D eigenvalue weighted by Crippen LogP contribution is -2.54. The van der Waals surface area contributed by atoms with Crippen LogP contribution < -0.4 is 16.0 Å². The maximum atomic E-state index is 5.63. The summed E-state index contributed by atoms with van der Waals surface area (Å²) in [6.45, 7) is 0. The molecule has 288 valence electrons. The summed E-state index contributed by atoms with van der Waals surface area (Å²) in [4.78, 5) is 5.63. The predicted molar refractivity (Wildman–Crippen MR) is 247 cm³/mol. The van der Waals surface area contributed by atoms with Gasteiger partial charge in [0.15, 0.2) is 0 Å². The molecule has 1 aliphatic rings. The molecule has 4 nitrogen and oxygen atoms in total. The van der Waals surface area contributed by atoms with E-state index in [0.29, 0.717) is 0 Å². The minimum atomic E-state index is -0.110. The van der Waals surface area contributed by atoms with Crippen LogP contribution in [0, 0.1) is 0 Å². The molecule has 2 atom stereocenters. The van der Waals surface area contributed by atoms with E-state index in [1.807, 2.05) is 0 Å². The van der Waals surface area contributed by atoms with E-state index in [1.54, 1.807) is 0 Å². The molecule has 9 aromatic rings. The van der Waals surface area contributed by atoms with Crippen molar-refractivity contribution in [1.82, 2.24) is 20.9 Å². The van der Waals surface area contributed by atoms with E-state index in [-0.39, 0.29) is 18.5 Å². The fraction of sp³-hybridized carbons (Fsp3) is 0.0536. The average molecular weight is 773 g/mol. The molecule has 0 spiro atoms. The van der Waals surface area contributed by atoms with Gasteiger partial charge in [0, 0.05) is 27.8 Å². The minimum absolute atomic E-state index is 0.0493. The predicted octanol–water partition coefficient (Wildman–Crippen LogP) is 13.3. The largest absolute Gasteiger partial charge is 0.279 e. The molecule has 1 aliphatic heterocycles. The Morgan fingerprint density at radius 3 is 1.02 bits per heavy atom. The number of rotatable bonds is 9. The third-order valence-corrected chi connectivity index (χ3v) is 11.4. The number of hydrogen-bond acceptors (Lipinski definition) is 4. The first-order valence-electron chi connectivity index (χ1n) is 20.7. The molecule has 0 amide bonds. The molecule has 0 radical (unpaired) electrons. The topological polar surface area (TPSA) is 49.0 Å². The second-order valence-electron chi connectivity index (χ2n) is 15.2. The highest BCUT2D eigenvalue weighted by molar-refractivity contribution is 6.05. The molecule has 1 aromatic heterocycles. The zero-order chi connectivity index (χ0) is 40.1. The number of nitrogens with one attached hydrogen (secondary N) is 3. The first-order chi connectivity index (χ1) is 29.8. The molecule has 2 heterocycles.